The van der Waals surface area contributed by atoms with Gasteiger partial charge in [-0.3, -0.25) is 4.79 Å². The molecular formula is C27H29NO10. The zero-order chi connectivity index (χ0) is 28.0. The molecule has 1 fully saturated rings. The van der Waals surface area contributed by atoms with Gasteiger partial charge in [-0.15, -0.1) is 0 Å². The van der Waals surface area contributed by atoms with Crippen LogP contribution >= 0.6 is 0 Å². The van der Waals surface area contributed by atoms with E-state index in [2.05, 4.69) is 5.32 Å². The molecule has 4 atom stereocenters. The number of nitrogens with one attached hydrogen (secondary N) is 1. The molecule has 6 N–H and O–H groups in total. The summed E-state index contributed by atoms with van der Waals surface area (Å²) in [6, 6.07) is 8.62. The molecule has 0 unspecified atom stereocenters. The van der Waals surface area contributed by atoms with Gasteiger partial charge in [-0.25, -0.2) is 9.59 Å². The van der Waals surface area contributed by atoms with Crippen molar-refractivity contribution in [1.82, 2.24) is 5.32 Å². The SMILES string of the molecule is CNC(=O)[C@]1(OC(=O)/C=C/c2ccc(O)c(O)c2)C[C@@H](O)[C@@H](O)[C@H](OC(=O)/C=C/c2ccc(C)c(O)c2)C1. The number of phenols is 3. The minimum absolute atomic E-state index is 0.0415. The third kappa shape index (κ3) is 6.69. The van der Waals surface area contributed by atoms with Gasteiger partial charge >= 0.3 is 11.9 Å². The summed E-state index contributed by atoms with van der Waals surface area (Å²) in [5, 5.41) is 52.1. The first-order chi connectivity index (χ1) is 17.9. The first-order valence-electron chi connectivity index (χ1n) is 11.6. The molecule has 11 heteroatoms. The van der Waals surface area contributed by atoms with Crippen molar-refractivity contribution in [3.8, 4) is 17.2 Å². The Morgan fingerprint density at radius 2 is 1.50 bits per heavy atom. The van der Waals surface area contributed by atoms with Crippen LogP contribution in [0.15, 0.2) is 48.6 Å². The van der Waals surface area contributed by atoms with Crippen LogP contribution in [-0.2, 0) is 23.9 Å². The first kappa shape index (κ1) is 28.2. The summed E-state index contributed by atoms with van der Waals surface area (Å²) >= 11 is 0. The van der Waals surface area contributed by atoms with E-state index in [9.17, 15) is 39.9 Å². The summed E-state index contributed by atoms with van der Waals surface area (Å²) in [5.74, 6) is -3.35. The molecule has 1 saturated carbocycles. The van der Waals surface area contributed by atoms with Crippen molar-refractivity contribution in [2.45, 2.75) is 43.7 Å². The average Bonchev–Trinajstić information content (AvgIpc) is 2.87. The minimum Gasteiger partial charge on any atom is -0.508 e. The fourth-order valence-electron chi connectivity index (χ4n) is 4.01. The van der Waals surface area contributed by atoms with Crippen molar-refractivity contribution in [2.75, 3.05) is 7.05 Å². The summed E-state index contributed by atoms with van der Waals surface area (Å²) in [5.41, 5.74) is -0.453. The lowest BCUT2D eigenvalue weighted by Crippen LogP contribution is -2.61. The Hall–Kier alpha value is -4.35. The second-order valence-electron chi connectivity index (χ2n) is 8.90. The summed E-state index contributed by atoms with van der Waals surface area (Å²) in [4.78, 5) is 37.8. The topological polar surface area (TPSA) is 183 Å². The van der Waals surface area contributed by atoms with Crippen molar-refractivity contribution >= 4 is 30.0 Å². The van der Waals surface area contributed by atoms with E-state index in [1.54, 1.807) is 19.1 Å². The molecule has 0 bridgehead atoms. The highest BCUT2D eigenvalue weighted by Crippen LogP contribution is 2.35. The van der Waals surface area contributed by atoms with Crippen LogP contribution in [0.4, 0.5) is 0 Å². The van der Waals surface area contributed by atoms with Gasteiger partial charge in [0.25, 0.3) is 5.91 Å². The van der Waals surface area contributed by atoms with Gasteiger partial charge in [-0.2, -0.15) is 0 Å². The second kappa shape index (κ2) is 11.8. The number of esters is 2. The highest BCUT2D eigenvalue weighted by molar-refractivity contribution is 5.93. The molecule has 1 aliphatic rings. The van der Waals surface area contributed by atoms with Crippen LogP contribution < -0.4 is 5.32 Å². The van der Waals surface area contributed by atoms with Crippen molar-refractivity contribution in [3.63, 3.8) is 0 Å². The number of aliphatic hydroxyl groups is 2. The van der Waals surface area contributed by atoms with E-state index in [0.717, 1.165) is 12.2 Å². The van der Waals surface area contributed by atoms with E-state index in [0.29, 0.717) is 16.7 Å². The third-order valence-electron chi connectivity index (χ3n) is 6.11. The van der Waals surface area contributed by atoms with Crippen LogP contribution in [0.25, 0.3) is 12.2 Å². The molecule has 2 aromatic carbocycles. The predicted octanol–water partition coefficient (Wildman–Crippen LogP) is 1.29. The standard InChI is InChI=1S/C27H29NO10/c1-15-3-4-16(11-19(15)30)6-9-23(33)37-22-14-27(26(36)28-2,13-21(32)25(22)35)38-24(34)10-7-17-5-8-18(29)20(31)12-17/h3-12,21-22,25,29-32,35H,13-14H2,1-2H3,(H,28,36)/b9-6+,10-7+/t21-,22-,25-,27+/m1/s1. The van der Waals surface area contributed by atoms with Crippen molar-refractivity contribution in [1.29, 1.82) is 0 Å². The molecule has 0 aliphatic heterocycles. The Morgan fingerprint density at radius 1 is 0.895 bits per heavy atom. The predicted molar refractivity (Wildman–Crippen MR) is 135 cm³/mol. The number of aryl methyl sites for hydroxylation is 1. The average molecular weight is 528 g/mol. The van der Waals surface area contributed by atoms with Gasteiger partial charge in [0.15, 0.2) is 17.1 Å². The second-order valence-corrected chi connectivity index (χ2v) is 8.90. The van der Waals surface area contributed by atoms with E-state index in [1.807, 2.05) is 0 Å². The van der Waals surface area contributed by atoms with Crippen molar-refractivity contribution in [3.05, 3.63) is 65.2 Å². The lowest BCUT2D eigenvalue weighted by Gasteiger charge is -2.42. The molecule has 0 radical (unpaired) electrons. The number of phenolic OH excluding ortho intramolecular Hbond substituents is 3. The Bertz CT molecular complexity index is 1270. The molecule has 0 spiro atoms. The zero-order valence-corrected chi connectivity index (χ0v) is 20.7. The molecule has 0 saturated heterocycles. The van der Waals surface area contributed by atoms with Crippen molar-refractivity contribution < 1.29 is 49.4 Å². The fourth-order valence-corrected chi connectivity index (χ4v) is 4.01. The van der Waals surface area contributed by atoms with E-state index >= 15 is 0 Å². The largest absolute Gasteiger partial charge is 0.508 e. The van der Waals surface area contributed by atoms with Crippen LogP contribution in [0.2, 0.25) is 0 Å². The maximum atomic E-state index is 12.8. The molecular weight excluding hydrogens is 498 g/mol. The molecule has 11 nitrogen and oxygen atoms in total. The maximum absolute atomic E-state index is 12.8. The van der Waals surface area contributed by atoms with Crippen molar-refractivity contribution in [2.24, 2.45) is 0 Å². The van der Waals surface area contributed by atoms with Gasteiger partial charge in [0.05, 0.1) is 6.10 Å². The van der Waals surface area contributed by atoms with Crippen LogP contribution in [0, 0.1) is 6.92 Å². The number of rotatable bonds is 7. The van der Waals surface area contributed by atoms with E-state index < -0.39 is 60.3 Å². The molecule has 38 heavy (non-hydrogen) atoms. The molecule has 202 valence electrons. The third-order valence-corrected chi connectivity index (χ3v) is 6.11. The van der Waals surface area contributed by atoms with Crippen LogP contribution in [0.5, 0.6) is 17.2 Å². The number of aliphatic hydroxyl groups excluding tert-OH is 2. The zero-order valence-electron chi connectivity index (χ0n) is 20.7. The highest BCUT2D eigenvalue weighted by Gasteiger charge is 2.53. The number of ether oxygens (including phenoxy) is 2. The summed E-state index contributed by atoms with van der Waals surface area (Å²) < 4.78 is 10.7. The first-order valence-corrected chi connectivity index (χ1v) is 11.6. The lowest BCUT2D eigenvalue weighted by molar-refractivity contribution is -0.198. The summed E-state index contributed by atoms with van der Waals surface area (Å²) in [6.45, 7) is 1.71. The Kier molecular flexibility index (Phi) is 8.76. The molecule has 1 aliphatic carbocycles. The molecule has 0 aromatic heterocycles. The maximum Gasteiger partial charge on any atom is 0.331 e. The van der Waals surface area contributed by atoms with Gasteiger partial charge < -0.3 is 40.3 Å². The number of likely N-dealkylation sites (N-methyl/N-ethyl adjacent to an activating group) is 1. The number of carbonyl (C=O) groups excluding carboxylic acids is 3. The highest BCUT2D eigenvalue weighted by atomic mass is 16.6. The van der Waals surface area contributed by atoms with Crippen LogP contribution in [-0.4, -0.2) is 74.3 Å². The Balaban J connectivity index is 1.76. The normalized spacial score (nSPS) is 23.3. The minimum atomic E-state index is -1.97. The van der Waals surface area contributed by atoms with Gasteiger partial charge in [0, 0.05) is 32.0 Å². The number of benzene rings is 2. The molecule has 0 heterocycles. The Labute approximate surface area is 218 Å². The van der Waals surface area contributed by atoms with Gasteiger partial charge in [0.2, 0.25) is 0 Å². The van der Waals surface area contributed by atoms with Crippen LogP contribution in [0.1, 0.15) is 29.5 Å². The van der Waals surface area contributed by atoms with E-state index in [-0.39, 0.29) is 11.5 Å². The van der Waals surface area contributed by atoms with Crippen LogP contribution in [0.3, 0.4) is 0 Å². The molecule has 1 amide bonds. The lowest BCUT2D eigenvalue weighted by atomic mass is 9.78. The van der Waals surface area contributed by atoms with Gasteiger partial charge in [-0.1, -0.05) is 18.2 Å². The summed E-state index contributed by atoms with van der Waals surface area (Å²) in [7, 11) is 1.30. The van der Waals surface area contributed by atoms with Gasteiger partial charge in [-0.05, 0) is 54.0 Å². The fraction of sp³-hybridized carbons (Fsp3) is 0.296. The number of aromatic hydroxyl groups is 3. The number of amides is 1. The monoisotopic (exact) mass is 527 g/mol. The van der Waals surface area contributed by atoms with E-state index in [1.165, 1.54) is 43.5 Å². The molecule has 3 rings (SSSR count). The number of hydrogen-bond donors (Lipinski definition) is 6. The number of carbonyl (C=O) groups is 3. The van der Waals surface area contributed by atoms with E-state index in [4.69, 9.17) is 9.47 Å². The quantitative estimate of drug-likeness (QED) is 0.174. The van der Waals surface area contributed by atoms with Gasteiger partial charge in [0.1, 0.15) is 18.0 Å². The molecule has 2 aromatic rings. The Morgan fingerprint density at radius 3 is 2.11 bits per heavy atom. The smallest absolute Gasteiger partial charge is 0.331 e. The number of hydrogen-bond acceptors (Lipinski definition) is 10. The summed E-state index contributed by atoms with van der Waals surface area (Å²) in [6.07, 6.45) is -0.717.